The van der Waals surface area contributed by atoms with Gasteiger partial charge >= 0.3 is 12.1 Å². The fraction of sp³-hybridized carbons (Fsp3) is 0.273. The van der Waals surface area contributed by atoms with Gasteiger partial charge in [0.2, 0.25) is 5.89 Å². The van der Waals surface area contributed by atoms with Crippen LogP contribution in [-0.4, -0.2) is 16.4 Å². The quantitative estimate of drug-likeness (QED) is 0.884. The summed E-state index contributed by atoms with van der Waals surface area (Å²) < 4.78 is 66.8. The van der Waals surface area contributed by atoms with Crippen LogP contribution in [0, 0.1) is 0 Å². The van der Waals surface area contributed by atoms with Gasteiger partial charge < -0.3 is 10.2 Å². The van der Waals surface area contributed by atoms with Crippen molar-refractivity contribution >= 4 is 0 Å². The normalized spacial score (nSPS) is 14.3. The van der Waals surface area contributed by atoms with Crippen molar-refractivity contribution in [2.24, 2.45) is 5.73 Å². The highest BCUT2D eigenvalue weighted by Gasteiger charge is 2.63. The van der Waals surface area contributed by atoms with Crippen molar-refractivity contribution in [1.82, 2.24) is 10.2 Å². The second kappa shape index (κ2) is 4.82. The summed E-state index contributed by atoms with van der Waals surface area (Å²) in [4.78, 5) is 0. The zero-order chi connectivity index (χ0) is 15.0. The van der Waals surface area contributed by atoms with Crippen molar-refractivity contribution in [1.29, 1.82) is 0 Å². The van der Waals surface area contributed by atoms with Crippen LogP contribution in [0.15, 0.2) is 34.7 Å². The smallest absolute Gasteiger partial charge is 0.417 e. The number of nitrogens with two attached hydrogens (primary N) is 1. The van der Waals surface area contributed by atoms with Gasteiger partial charge in [-0.15, -0.1) is 10.2 Å². The van der Waals surface area contributed by atoms with Gasteiger partial charge in [-0.05, 0) is 5.56 Å². The molecule has 2 rings (SSSR count). The van der Waals surface area contributed by atoms with Gasteiger partial charge in [-0.1, -0.05) is 30.3 Å². The summed E-state index contributed by atoms with van der Waals surface area (Å²) in [5.74, 6) is -7.56. The van der Waals surface area contributed by atoms with Crippen molar-refractivity contribution in [3.05, 3.63) is 47.7 Å². The van der Waals surface area contributed by atoms with E-state index in [0.717, 1.165) is 0 Å². The number of hydrogen-bond acceptors (Lipinski definition) is 4. The standard InChI is InChI=1S/C11H8F5N3O/c12-10(13,11(14,15)16)9-19-18-8(20-9)7(17)6-4-2-1-3-5-6/h1-5,7H,17H2. The third-order valence-electron chi connectivity index (χ3n) is 2.49. The molecule has 1 unspecified atom stereocenters. The Balaban J connectivity index is 2.30. The van der Waals surface area contributed by atoms with Crippen LogP contribution in [0.25, 0.3) is 0 Å². The van der Waals surface area contributed by atoms with E-state index >= 15 is 0 Å². The van der Waals surface area contributed by atoms with Crippen molar-refractivity contribution in [3.8, 4) is 0 Å². The lowest BCUT2D eigenvalue weighted by Gasteiger charge is -2.15. The van der Waals surface area contributed by atoms with Gasteiger partial charge in [-0.2, -0.15) is 22.0 Å². The van der Waals surface area contributed by atoms with E-state index in [1.807, 2.05) is 0 Å². The summed E-state index contributed by atoms with van der Waals surface area (Å²) in [6.07, 6.45) is -5.81. The molecule has 9 heteroatoms. The van der Waals surface area contributed by atoms with Crippen LogP contribution in [0.3, 0.4) is 0 Å². The predicted molar refractivity (Wildman–Crippen MR) is 56.7 cm³/mol. The Labute approximate surface area is 109 Å². The minimum atomic E-state index is -5.81. The van der Waals surface area contributed by atoms with Gasteiger partial charge in [0.15, 0.2) is 0 Å². The summed E-state index contributed by atoms with van der Waals surface area (Å²) >= 11 is 0. The van der Waals surface area contributed by atoms with E-state index in [1.165, 1.54) is 0 Å². The summed E-state index contributed by atoms with van der Waals surface area (Å²) in [6.45, 7) is 0. The monoisotopic (exact) mass is 293 g/mol. The Kier molecular flexibility index (Phi) is 3.46. The third-order valence-corrected chi connectivity index (χ3v) is 2.49. The number of rotatable bonds is 3. The first-order valence-corrected chi connectivity index (χ1v) is 5.32. The second-order valence-corrected chi connectivity index (χ2v) is 3.91. The van der Waals surface area contributed by atoms with E-state index in [4.69, 9.17) is 5.73 Å². The molecule has 20 heavy (non-hydrogen) atoms. The fourth-order valence-electron chi connectivity index (χ4n) is 1.41. The summed E-state index contributed by atoms with van der Waals surface area (Å²) in [5.41, 5.74) is 6.10. The highest BCUT2D eigenvalue weighted by Crippen LogP contribution is 2.43. The van der Waals surface area contributed by atoms with E-state index in [0.29, 0.717) is 5.56 Å². The molecule has 0 aliphatic carbocycles. The molecule has 1 aromatic carbocycles. The molecule has 0 spiro atoms. The molecule has 0 aliphatic heterocycles. The first-order chi connectivity index (χ1) is 9.23. The molecule has 0 amide bonds. The number of alkyl halides is 5. The Morgan fingerprint density at radius 3 is 2.15 bits per heavy atom. The van der Waals surface area contributed by atoms with Crippen molar-refractivity contribution < 1.29 is 26.4 Å². The van der Waals surface area contributed by atoms with Crippen LogP contribution in [0.2, 0.25) is 0 Å². The van der Waals surface area contributed by atoms with Gasteiger partial charge in [0, 0.05) is 0 Å². The summed E-state index contributed by atoms with van der Waals surface area (Å²) in [5, 5.41) is 5.88. The maximum absolute atomic E-state index is 13.0. The van der Waals surface area contributed by atoms with Gasteiger partial charge in [0.1, 0.15) is 6.04 Å². The lowest BCUT2D eigenvalue weighted by Crippen LogP contribution is -2.34. The van der Waals surface area contributed by atoms with Crippen molar-refractivity contribution in [3.63, 3.8) is 0 Å². The SMILES string of the molecule is NC(c1ccccc1)c1nnc(C(F)(F)C(F)(F)F)o1. The molecule has 0 aliphatic rings. The minimum absolute atomic E-state index is 0.443. The lowest BCUT2D eigenvalue weighted by atomic mass is 10.1. The van der Waals surface area contributed by atoms with Gasteiger partial charge in [0.05, 0.1) is 0 Å². The number of nitrogens with zero attached hydrogens (tertiary/aromatic N) is 2. The number of halogens is 5. The van der Waals surface area contributed by atoms with Crippen molar-refractivity contribution in [2.75, 3.05) is 0 Å². The van der Waals surface area contributed by atoms with Crippen LogP contribution < -0.4 is 5.73 Å². The largest absolute Gasteiger partial charge is 0.463 e. The molecular weight excluding hydrogens is 285 g/mol. The van der Waals surface area contributed by atoms with Gasteiger partial charge in [-0.25, -0.2) is 0 Å². The highest BCUT2D eigenvalue weighted by atomic mass is 19.4. The Morgan fingerprint density at radius 1 is 1.00 bits per heavy atom. The van der Waals surface area contributed by atoms with E-state index in [2.05, 4.69) is 14.6 Å². The van der Waals surface area contributed by atoms with E-state index in [9.17, 15) is 22.0 Å². The zero-order valence-corrected chi connectivity index (χ0v) is 9.73. The fourth-order valence-corrected chi connectivity index (χ4v) is 1.41. The van der Waals surface area contributed by atoms with Crippen molar-refractivity contribution in [2.45, 2.75) is 18.1 Å². The molecule has 4 nitrogen and oxygen atoms in total. The summed E-state index contributed by atoms with van der Waals surface area (Å²) in [6, 6.07) is 6.95. The molecule has 1 heterocycles. The molecule has 0 radical (unpaired) electrons. The Bertz CT molecular complexity index is 581. The predicted octanol–water partition coefficient (Wildman–Crippen LogP) is 2.77. The average molecular weight is 293 g/mol. The Hall–Kier alpha value is -2.03. The van der Waals surface area contributed by atoms with Crippen LogP contribution in [0.5, 0.6) is 0 Å². The number of hydrogen-bond donors (Lipinski definition) is 1. The molecular formula is C11H8F5N3O. The van der Waals surface area contributed by atoms with E-state index in [1.54, 1.807) is 30.3 Å². The summed E-state index contributed by atoms with van der Waals surface area (Å²) in [7, 11) is 0. The first-order valence-electron chi connectivity index (χ1n) is 5.32. The molecule has 108 valence electrons. The Morgan fingerprint density at radius 2 is 1.60 bits per heavy atom. The molecule has 2 aromatic rings. The van der Waals surface area contributed by atoms with E-state index in [-0.39, 0.29) is 0 Å². The molecule has 0 fully saturated rings. The number of aromatic nitrogens is 2. The third kappa shape index (κ3) is 2.48. The first kappa shape index (κ1) is 14.4. The highest BCUT2D eigenvalue weighted by molar-refractivity contribution is 5.22. The molecule has 0 saturated carbocycles. The van der Waals surface area contributed by atoms with Crippen LogP contribution in [-0.2, 0) is 5.92 Å². The van der Waals surface area contributed by atoms with Crippen LogP contribution >= 0.6 is 0 Å². The van der Waals surface area contributed by atoms with E-state index < -0.39 is 29.9 Å². The second-order valence-electron chi connectivity index (χ2n) is 3.91. The molecule has 1 aromatic heterocycles. The minimum Gasteiger partial charge on any atom is -0.417 e. The maximum Gasteiger partial charge on any atom is 0.463 e. The maximum atomic E-state index is 13.0. The van der Waals surface area contributed by atoms with Gasteiger partial charge in [-0.3, -0.25) is 0 Å². The molecule has 1 atom stereocenters. The zero-order valence-electron chi connectivity index (χ0n) is 9.73. The average Bonchev–Trinajstić information content (AvgIpc) is 2.87. The molecule has 2 N–H and O–H groups in total. The van der Waals surface area contributed by atoms with Crippen LogP contribution in [0.4, 0.5) is 22.0 Å². The number of benzene rings is 1. The van der Waals surface area contributed by atoms with Crippen LogP contribution in [0.1, 0.15) is 23.4 Å². The topological polar surface area (TPSA) is 64.9 Å². The molecule has 0 bridgehead atoms. The molecule has 0 saturated heterocycles. The lowest BCUT2D eigenvalue weighted by molar-refractivity contribution is -0.297. The van der Waals surface area contributed by atoms with Gasteiger partial charge in [0.25, 0.3) is 5.89 Å².